The molecule has 0 saturated carbocycles. The first kappa shape index (κ1) is 34.1. The van der Waals surface area contributed by atoms with E-state index in [9.17, 15) is 35.9 Å². The minimum absolute atomic E-state index is 0.277. The minimum Gasteiger partial charge on any atom is -0.310 e. The first-order chi connectivity index (χ1) is 22.4. The van der Waals surface area contributed by atoms with Crippen molar-refractivity contribution in [2.45, 2.75) is 66.0 Å². The first-order valence-corrected chi connectivity index (χ1v) is 14.6. The van der Waals surface area contributed by atoms with E-state index in [1.54, 1.807) is 50.9 Å². The van der Waals surface area contributed by atoms with Crippen molar-refractivity contribution < 1.29 is 26.3 Å². The van der Waals surface area contributed by atoms with Crippen LogP contribution in [0.25, 0.3) is 22.1 Å². The maximum atomic E-state index is 12.7. The van der Waals surface area contributed by atoms with E-state index in [-0.39, 0.29) is 23.2 Å². The quantitative estimate of drug-likeness (QED) is 0.200. The summed E-state index contributed by atoms with van der Waals surface area (Å²) < 4.78 is 79.2. The van der Waals surface area contributed by atoms with E-state index < -0.39 is 23.5 Å². The van der Waals surface area contributed by atoms with E-state index in [4.69, 9.17) is 0 Å². The molecule has 0 aliphatic heterocycles. The van der Waals surface area contributed by atoms with Gasteiger partial charge in [0.15, 0.2) is 11.3 Å². The van der Waals surface area contributed by atoms with E-state index >= 15 is 0 Å². The Balaban J connectivity index is 0.000000188. The summed E-state index contributed by atoms with van der Waals surface area (Å²) in [5.41, 5.74) is 1.22. The summed E-state index contributed by atoms with van der Waals surface area (Å²) in [6.07, 6.45) is -8.74. The van der Waals surface area contributed by atoms with Crippen LogP contribution >= 0.6 is 0 Å². The molecule has 0 radical (unpaired) electrons. The number of H-pyrrole nitrogens is 2. The second-order valence-electron chi connectivity index (χ2n) is 11.4. The number of aromatic nitrogens is 8. The van der Waals surface area contributed by atoms with Gasteiger partial charge in [-0.2, -0.15) is 36.5 Å². The van der Waals surface area contributed by atoms with Gasteiger partial charge in [0.1, 0.15) is 22.4 Å². The van der Waals surface area contributed by atoms with Gasteiger partial charge in [-0.25, -0.2) is 19.3 Å². The van der Waals surface area contributed by atoms with Gasteiger partial charge < -0.3 is 9.97 Å². The van der Waals surface area contributed by atoms with Crippen LogP contribution in [-0.4, -0.2) is 39.5 Å². The molecule has 252 valence electrons. The smallest absolute Gasteiger partial charge is 0.310 e. The molecule has 4 heterocycles. The number of fused-ring (bicyclic) bond motifs is 2. The third-order valence-corrected chi connectivity index (χ3v) is 7.89. The van der Waals surface area contributed by atoms with Crippen LogP contribution in [0.4, 0.5) is 26.3 Å². The van der Waals surface area contributed by atoms with Crippen molar-refractivity contribution in [1.82, 2.24) is 39.5 Å². The summed E-state index contributed by atoms with van der Waals surface area (Å²) >= 11 is 0. The Morgan fingerprint density at radius 2 is 0.896 bits per heavy atom. The Hall–Kier alpha value is -5.28. The lowest BCUT2D eigenvalue weighted by Crippen LogP contribution is -2.13. The summed E-state index contributed by atoms with van der Waals surface area (Å²) in [5, 5.41) is 9.48. The molecule has 6 rings (SSSR count). The molecule has 0 fully saturated rings. The number of alkyl halides is 6. The molecule has 0 amide bonds. The van der Waals surface area contributed by atoms with Gasteiger partial charge in [0, 0.05) is 0 Å². The van der Waals surface area contributed by atoms with Gasteiger partial charge in [-0.3, -0.25) is 9.59 Å². The molecular formula is C32H30F6N8O2. The lowest BCUT2D eigenvalue weighted by molar-refractivity contribution is -0.138. The molecule has 10 nitrogen and oxygen atoms in total. The molecule has 2 aromatic carbocycles. The first-order valence-electron chi connectivity index (χ1n) is 14.6. The Kier molecular flexibility index (Phi) is 8.79. The molecule has 48 heavy (non-hydrogen) atoms. The number of hydrogen-bond donors (Lipinski definition) is 2. The highest BCUT2D eigenvalue weighted by molar-refractivity contribution is 5.78. The summed E-state index contributed by atoms with van der Waals surface area (Å²) in [5.74, 6) is 0.904. The monoisotopic (exact) mass is 672 g/mol. The van der Waals surface area contributed by atoms with Crippen LogP contribution in [-0.2, 0) is 12.4 Å². The van der Waals surface area contributed by atoms with Crippen LogP contribution in [0.15, 0.2) is 58.1 Å². The van der Waals surface area contributed by atoms with Crippen LogP contribution in [0.1, 0.15) is 71.2 Å². The number of benzene rings is 2. The fourth-order valence-electron chi connectivity index (χ4n) is 5.37. The topological polar surface area (TPSA) is 127 Å². The number of hydrogen-bond acceptors (Lipinski definition) is 6. The zero-order valence-electron chi connectivity index (χ0n) is 26.5. The fraction of sp³-hybridized carbons (Fsp3) is 0.312. The van der Waals surface area contributed by atoms with Crippen molar-refractivity contribution in [1.29, 1.82) is 0 Å². The van der Waals surface area contributed by atoms with Crippen LogP contribution in [0.2, 0.25) is 0 Å². The average Bonchev–Trinajstić information content (AvgIpc) is 3.52. The van der Waals surface area contributed by atoms with E-state index in [0.717, 1.165) is 24.3 Å². The number of rotatable bonds is 4. The summed E-state index contributed by atoms with van der Waals surface area (Å²) in [7, 11) is 0. The van der Waals surface area contributed by atoms with Gasteiger partial charge in [0.25, 0.3) is 11.1 Å². The second-order valence-corrected chi connectivity index (χ2v) is 11.4. The molecule has 0 unspecified atom stereocenters. The molecule has 2 atom stereocenters. The van der Waals surface area contributed by atoms with E-state index in [0.29, 0.717) is 56.2 Å². The SMILES string of the molecule is Cc1nc2c(c(C)nn2[C@@H](C)c2ccc(C(F)(F)F)cc2)c(=O)[nH]1.Cc1nc2c(c(C)nn2[C@H](C)c2ccc(C(F)(F)F)cc2)c(=O)[nH]1. The van der Waals surface area contributed by atoms with Crippen molar-refractivity contribution in [2.24, 2.45) is 0 Å². The highest BCUT2D eigenvalue weighted by Crippen LogP contribution is 2.32. The number of nitrogens with zero attached hydrogens (tertiary/aromatic N) is 6. The van der Waals surface area contributed by atoms with Crippen molar-refractivity contribution >= 4 is 22.1 Å². The molecule has 0 spiro atoms. The number of halogens is 6. The largest absolute Gasteiger partial charge is 0.416 e. The van der Waals surface area contributed by atoms with Crippen molar-refractivity contribution in [3.05, 3.63) is 115 Å². The van der Waals surface area contributed by atoms with Gasteiger partial charge in [-0.05, 0) is 76.9 Å². The van der Waals surface area contributed by atoms with Crippen LogP contribution in [0.3, 0.4) is 0 Å². The normalized spacial score (nSPS) is 13.4. The van der Waals surface area contributed by atoms with Gasteiger partial charge >= 0.3 is 12.4 Å². The molecule has 0 saturated heterocycles. The van der Waals surface area contributed by atoms with Crippen LogP contribution in [0, 0.1) is 27.7 Å². The maximum absolute atomic E-state index is 12.7. The molecule has 4 aromatic heterocycles. The molecule has 0 aliphatic carbocycles. The Morgan fingerprint density at radius 1 is 0.583 bits per heavy atom. The van der Waals surface area contributed by atoms with Crippen molar-refractivity contribution in [3.8, 4) is 0 Å². The van der Waals surface area contributed by atoms with Gasteiger partial charge in [0.05, 0.1) is 34.6 Å². The van der Waals surface area contributed by atoms with Crippen LogP contribution in [0.5, 0.6) is 0 Å². The lowest BCUT2D eigenvalue weighted by Gasteiger charge is -2.15. The molecule has 0 bridgehead atoms. The third-order valence-electron chi connectivity index (χ3n) is 7.89. The average molecular weight is 673 g/mol. The number of nitrogens with one attached hydrogen (secondary N) is 2. The fourth-order valence-corrected chi connectivity index (χ4v) is 5.37. The number of aromatic amines is 2. The van der Waals surface area contributed by atoms with E-state index in [1.807, 2.05) is 0 Å². The van der Waals surface area contributed by atoms with Gasteiger partial charge in [-0.15, -0.1) is 0 Å². The summed E-state index contributed by atoms with van der Waals surface area (Å²) in [6, 6.07) is 9.08. The number of aryl methyl sites for hydroxylation is 4. The summed E-state index contributed by atoms with van der Waals surface area (Å²) in [6.45, 7) is 10.3. The van der Waals surface area contributed by atoms with Gasteiger partial charge in [0.2, 0.25) is 0 Å². The highest BCUT2D eigenvalue weighted by Gasteiger charge is 2.31. The predicted molar refractivity (Wildman–Crippen MR) is 166 cm³/mol. The molecular weight excluding hydrogens is 642 g/mol. The zero-order valence-corrected chi connectivity index (χ0v) is 26.5. The molecule has 0 aliphatic rings. The van der Waals surface area contributed by atoms with E-state index in [1.165, 1.54) is 24.3 Å². The molecule has 2 N–H and O–H groups in total. The van der Waals surface area contributed by atoms with E-state index in [2.05, 4.69) is 30.1 Å². The Bertz CT molecular complexity index is 2070. The Morgan fingerprint density at radius 3 is 1.19 bits per heavy atom. The third kappa shape index (κ3) is 6.59. The van der Waals surface area contributed by atoms with Crippen molar-refractivity contribution in [3.63, 3.8) is 0 Å². The van der Waals surface area contributed by atoms with Crippen molar-refractivity contribution in [2.75, 3.05) is 0 Å². The Labute approximate surface area is 268 Å². The van der Waals surface area contributed by atoms with Crippen LogP contribution < -0.4 is 11.1 Å². The maximum Gasteiger partial charge on any atom is 0.416 e. The standard InChI is InChI=1S/2C16H15F3N4O/c2*1-8-13-14(20-10(3)21-15(13)24)23(22-8)9(2)11-4-6-12(7-5-11)16(17,18)19/h2*4-7,9H,1-3H3,(H,20,21,24)/t2*9-/m10/s1. The second kappa shape index (κ2) is 12.4. The lowest BCUT2D eigenvalue weighted by atomic mass is 10.1. The van der Waals surface area contributed by atoms with Gasteiger partial charge in [-0.1, -0.05) is 24.3 Å². The summed E-state index contributed by atoms with van der Waals surface area (Å²) in [4.78, 5) is 38.0. The highest BCUT2D eigenvalue weighted by atomic mass is 19.4. The molecule has 16 heteroatoms. The molecule has 6 aromatic rings. The predicted octanol–water partition coefficient (Wildman–Crippen LogP) is 6.73. The minimum atomic E-state index is -4.37. The zero-order chi connectivity index (χ0) is 35.3.